The molecule has 0 spiro atoms. The zero-order valence-corrected chi connectivity index (χ0v) is 17.4. The Bertz CT molecular complexity index is 1500. The van der Waals surface area contributed by atoms with Gasteiger partial charge in [0.1, 0.15) is 11.5 Å². The van der Waals surface area contributed by atoms with Crippen molar-refractivity contribution in [2.45, 2.75) is 6.92 Å². The number of allylic oxidation sites excluding steroid dienone is 2. The first-order chi connectivity index (χ1) is 15.7. The third kappa shape index (κ3) is 3.41. The van der Waals surface area contributed by atoms with E-state index in [2.05, 4.69) is 37.8 Å². The molecule has 5 aromatic rings. The molecule has 0 aliphatic rings. The number of hydrogen-bond donors (Lipinski definition) is 2. The minimum atomic E-state index is -0.271. The summed E-state index contributed by atoms with van der Waals surface area (Å²) in [5, 5.41) is 9.61. The number of nitrogens with zero attached hydrogens (tertiary/aromatic N) is 3. The summed E-state index contributed by atoms with van der Waals surface area (Å²) in [6.45, 7) is 5.65. The van der Waals surface area contributed by atoms with Gasteiger partial charge in [-0.2, -0.15) is 5.10 Å². The van der Waals surface area contributed by atoms with E-state index in [1.807, 2.05) is 37.3 Å². The fourth-order valence-electron chi connectivity index (χ4n) is 3.85. The number of aromatic amines is 2. The van der Waals surface area contributed by atoms with Crippen molar-refractivity contribution in [2.75, 3.05) is 0 Å². The highest BCUT2D eigenvalue weighted by atomic mass is 19.1. The summed E-state index contributed by atoms with van der Waals surface area (Å²) in [7, 11) is 0. The molecule has 2 aromatic carbocycles. The maximum absolute atomic E-state index is 13.4. The number of benzene rings is 2. The van der Waals surface area contributed by atoms with Crippen LogP contribution in [-0.2, 0) is 0 Å². The van der Waals surface area contributed by atoms with E-state index in [0.29, 0.717) is 0 Å². The highest BCUT2D eigenvalue weighted by Gasteiger charge is 2.15. The maximum atomic E-state index is 13.4. The highest BCUT2D eigenvalue weighted by molar-refractivity contribution is 6.00. The van der Waals surface area contributed by atoms with Crippen LogP contribution in [0.5, 0.6) is 0 Å². The predicted octanol–water partition coefficient (Wildman–Crippen LogP) is 6.53. The van der Waals surface area contributed by atoms with Crippen LogP contribution in [0.4, 0.5) is 4.39 Å². The zero-order chi connectivity index (χ0) is 22.1. The summed E-state index contributed by atoms with van der Waals surface area (Å²) in [6, 6.07) is 16.4. The summed E-state index contributed by atoms with van der Waals surface area (Å²) in [6.07, 6.45) is 7.04. The number of aliphatic imine (C=N–C) groups is 1. The lowest BCUT2D eigenvalue weighted by molar-refractivity contribution is 0.628. The van der Waals surface area contributed by atoms with Gasteiger partial charge >= 0.3 is 0 Å². The van der Waals surface area contributed by atoms with Crippen molar-refractivity contribution in [3.05, 3.63) is 90.9 Å². The van der Waals surface area contributed by atoms with E-state index in [4.69, 9.17) is 0 Å². The molecule has 0 saturated carbocycles. The van der Waals surface area contributed by atoms with Crippen molar-refractivity contribution in [3.8, 4) is 22.6 Å². The third-order valence-electron chi connectivity index (χ3n) is 5.37. The Labute approximate surface area is 184 Å². The van der Waals surface area contributed by atoms with Gasteiger partial charge in [0.15, 0.2) is 0 Å². The van der Waals surface area contributed by atoms with E-state index in [1.54, 1.807) is 30.6 Å². The topological polar surface area (TPSA) is 69.7 Å². The minimum absolute atomic E-state index is 0.271. The normalized spacial score (nSPS) is 12.2. The van der Waals surface area contributed by atoms with Crippen LogP contribution >= 0.6 is 0 Å². The Morgan fingerprint density at radius 1 is 1.00 bits per heavy atom. The molecule has 0 aliphatic carbocycles. The lowest BCUT2D eigenvalue weighted by Crippen LogP contribution is -1.84. The number of H-pyrrole nitrogens is 2. The molecule has 32 heavy (non-hydrogen) atoms. The zero-order valence-electron chi connectivity index (χ0n) is 17.4. The number of hydrogen-bond acceptors (Lipinski definition) is 3. The van der Waals surface area contributed by atoms with Crippen LogP contribution in [0, 0.1) is 5.82 Å². The molecule has 0 bridgehead atoms. The van der Waals surface area contributed by atoms with Gasteiger partial charge in [0.25, 0.3) is 0 Å². The number of aromatic nitrogens is 4. The molecule has 0 aliphatic heterocycles. The Morgan fingerprint density at radius 3 is 2.59 bits per heavy atom. The van der Waals surface area contributed by atoms with Crippen LogP contribution in [0.25, 0.3) is 50.1 Å². The third-order valence-corrected chi connectivity index (χ3v) is 5.37. The molecule has 0 saturated heterocycles. The maximum Gasteiger partial charge on any atom is 0.123 e. The van der Waals surface area contributed by atoms with Crippen LogP contribution in [0.15, 0.2) is 84.5 Å². The molecule has 2 N–H and O–H groups in total. The SMILES string of the molecule is C=CC=N/C(=C\C)c1ccc2[nH]nc(-c3cc4c(-c5ccc(F)cc5)nccc4[nH]3)c2c1. The molecule has 0 unspecified atom stereocenters. The van der Waals surface area contributed by atoms with Gasteiger partial charge in [-0.15, -0.1) is 0 Å². The van der Waals surface area contributed by atoms with E-state index < -0.39 is 0 Å². The van der Waals surface area contributed by atoms with Crippen LogP contribution in [-0.4, -0.2) is 26.4 Å². The average Bonchev–Trinajstić information content (AvgIpc) is 3.43. The Hall–Kier alpha value is -4.32. The quantitative estimate of drug-likeness (QED) is 0.317. The van der Waals surface area contributed by atoms with E-state index in [-0.39, 0.29) is 5.82 Å². The molecular weight excluding hydrogens is 401 g/mol. The van der Waals surface area contributed by atoms with Crippen LogP contribution in [0.2, 0.25) is 0 Å². The van der Waals surface area contributed by atoms with E-state index in [0.717, 1.165) is 55.7 Å². The Kier molecular flexibility index (Phi) is 4.95. The summed E-state index contributed by atoms with van der Waals surface area (Å²) in [5.74, 6) is -0.271. The molecule has 3 aromatic heterocycles. The fourth-order valence-corrected chi connectivity index (χ4v) is 3.85. The van der Waals surface area contributed by atoms with Crippen LogP contribution in [0.1, 0.15) is 12.5 Å². The van der Waals surface area contributed by atoms with Crippen LogP contribution in [0.3, 0.4) is 0 Å². The van der Waals surface area contributed by atoms with Gasteiger partial charge < -0.3 is 4.98 Å². The second kappa shape index (κ2) is 8.07. The number of halogens is 1. The van der Waals surface area contributed by atoms with Crippen molar-refractivity contribution in [3.63, 3.8) is 0 Å². The van der Waals surface area contributed by atoms with Crippen molar-refractivity contribution in [2.24, 2.45) is 4.99 Å². The molecule has 6 heteroatoms. The Balaban J connectivity index is 1.64. The lowest BCUT2D eigenvalue weighted by Gasteiger charge is -2.02. The molecular formula is C26H20FN5. The molecule has 0 fully saturated rings. The molecule has 0 atom stereocenters. The van der Waals surface area contributed by atoms with Gasteiger partial charge in [-0.3, -0.25) is 15.1 Å². The molecule has 0 amide bonds. The minimum Gasteiger partial charge on any atom is -0.353 e. The van der Waals surface area contributed by atoms with E-state index in [1.165, 1.54) is 12.1 Å². The predicted molar refractivity (Wildman–Crippen MR) is 129 cm³/mol. The number of fused-ring (bicyclic) bond motifs is 2. The summed E-state index contributed by atoms with van der Waals surface area (Å²) in [4.78, 5) is 12.4. The fraction of sp³-hybridized carbons (Fsp3) is 0.0385. The van der Waals surface area contributed by atoms with Gasteiger partial charge in [-0.05, 0) is 55.5 Å². The van der Waals surface area contributed by atoms with Gasteiger partial charge in [-0.1, -0.05) is 24.8 Å². The van der Waals surface area contributed by atoms with Crippen molar-refractivity contribution in [1.29, 1.82) is 0 Å². The first kappa shape index (κ1) is 19.6. The molecule has 5 nitrogen and oxygen atoms in total. The number of nitrogens with one attached hydrogen (secondary N) is 2. The van der Waals surface area contributed by atoms with Crippen LogP contribution < -0.4 is 0 Å². The molecule has 156 valence electrons. The van der Waals surface area contributed by atoms with Gasteiger partial charge in [-0.25, -0.2) is 4.39 Å². The molecule has 5 rings (SSSR count). The summed E-state index contributed by atoms with van der Waals surface area (Å²) in [5.41, 5.74) is 7.05. The van der Waals surface area contributed by atoms with Gasteiger partial charge in [0.2, 0.25) is 0 Å². The smallest absolute Gasteiger partial charge is 0.123 e. The largest absolute Gasteiger partial charge is 0.353 e. The molecule has 3 heterocycles. The second-order valence-corrected chi connectivity index (χ2v) is 7.33. The molecule has 0 radical (unpaired) electrons. The number of pyridine rings is 1. The van der Waals surface area contributed by atoms with Crippen molar-refractivity contribution >= 4 is 33.7 Å². The van der Waals surface area contributed by atoms with Crippen molar-refractivity contribution in [1.82, 2.24) is 20.2 Å². The van der Waals surface area contributed by atoms with E-state index in [9.17, 15) is 4.39 Å². The monoisotopic (exact) mass is 421 g/mol. The highest BCUT2D eigenvalue weighted by Crippen LogP contribution is 2.34. The summed E-state index contributed by atoms with van der Waals surface area (Å²) >= 11 is 0. The second-order valence-electron chi connectivity index (χ2n) is 7.33. The van der Waals surface area contributed by atoms with Gasteiger partial charge in [0, 0.05) is 39.8 Å². The van der Waals surface area contributed by atoms with Gasteiger partial charge in [0.05, 0.1) is 22.6 Å². The number of rotatable bonds is 5. The Morgan fingerprint density at radius 2 is 1.81 bits per heavy atom. The first-order valence-corrected chi connectivity index (χ1v) is 10.2. The standard InChI is InChI=1S/C26H20FN5/c1-3-12-28-21(4-2)17-7-10-23-19(14-17)26(32-31-23)24-15-20-22(30-24)11-13-29-25(20)16-5-8-18(27)9-6-16/h3-15,30H,1H2,2H3,(H,31,32)/b21-4-,28-12?. The summed E-state index contributed by atoms with van der Waals surface area (Å²) < 4.78 is 13.4. The first-order valence-electron chi connectivity index (χ1n) is 10.2. The lowest BCUT2D eigenvalue weighted by atomic mass is 10.1. The van der Waals surface area contributed by atoms with E-state index >= 15 is 0 Å². The average molecular weight is 421 g/mol. The van der Waals surface area contributed by atoms with Crippen molar-refractivity contribution < 1.29 is 4.39 Å².